The van der Waals surface area contributed by atoms with Crippen LogP contribution in [-0.4, -0.2) is 51.4 Å². The molecule has 2 aromatic heterocycles. The maximum Gasteiger partial charge on any atom is 0.246 e. The number of aryl methyl sites for hydroxylation is 3. The maximum atomic E-state index is 13.0. The molecule has 3 heterocycles. The first kappa shape index (κ1) is 21.8. The number of amides is 1. The zero-order valence-corrected chi connectivity index (χ0v) is 20.1. The molecule has 2 aromatic carbocycles. The molecule has 2 aliphatic rings. The number of fused-ring (bicyclic) bond motifs is 3. The summed E-state index contributed by atoms with van der Waals surface area (Å²) in [6, 6.07) is 21.7. The Kier molecular flexibility index (Phi) is 5.71. The predicted octanol–water partition coefficient (Wildman–Crippen LogP) is 4.62. The molecule has 6 rings (SSSR count). The van der Waals surface area contributed by atoms with Crippen LogP contribution in [0.4, 0.5) is 0 Å². The van der Waals surface area contributed by atoms with Crippen molar-refractivity contribution in [3.8, 4) is 0 Å². The van der Waals surface area contributed by atoms with Gasteiger partial charge in [0.15, 0.2) is 0 Å². The van der Waals surface area contributed by atoms with Gasteiger partial charge < -0.3 is 9.47 Å². The number of piperazine rings is 1. The normalized spacial score (nSPS) is 18.4. The Morgan fingerprint density at radius 3 is 2.66 bits per heavy atom. The fourth-order valence-electron chi connectivity index (χ4n) is 5.61. The van der Waals surface area contributed by atoms with Crippen molar-refractivity contribution in [1.29, 1.82) is 0 Å². The molecule has 1 atom stereocenters. The summed E-state index contributed by atoms with van der Waals surface area (Å²) in [6.07, 6.45) is 9.62. The average molecular weight is 463 g/mol. The third-order valence-electron chi connectivity index (χ3n) is 7.52. The van der Waals surface area contributed by atoms with Crippen LogP contribution in [0, 0.1) is 0 Å². The lowest BCUT2D eigenvalue weighted by molar-refractivity contribution is -0.127. The minimum absolute atomic E-state index is 0.0833. The smallest absolute Gasteiger partial charge is 0.246 e. The van der Waals surface area contributed by atoms with Crippen molar-refractivity contribution in [1.82, 2.24) is 19.4 Å². The first-order chi connectivity index (χ1) is 17.2. The zero-order valence-electron chi connectivity index (χ0n) is 20.1. The summed E-state index contributed by atoms with van der Waals surface area (Å²) in [5, 5.41) is 1.21. The van der Waals surface area contributed by atoms with E-state index in [-0.39, 0.29) is 11.9 Å². The number of hydrogen-bond donors (Lipinski definition) is 0. The van der Waals surface area contributed by atoms with Crippen molar-refractivity contribution in [2.75, 3.05) is 26.2 Å². The molecule has 1 aliphatic carbocycles. The van der Waals surface area contributed by atoms with Crippen molar-refractivity contribution in [2.45, 2.75) is 18.9 Å². The third-order valence-corrected chi connectivity index (χ3v) is 7.52. The molecule has 1 saturated heterocycles. The standard InChI is InChI=1S/C30H30N4O/c1-32-16-14-24-10-8-22(21-28(24)32)9-13-29(35)33-17-19-34(20-18-33)30-25-6-3-2-5-23(25)11-12-27-26(30)7-4-15-31-27/h2-10,13-16,21,30H,11-12,17-20H2,1H3/b13-9+. The summed E-state index contributed by atoms with van der Waals surface area (Å²) in [7, 11) is 2.04. The van der Waals surface area contributed by atoms with Gasteiger partial charge in [-0.15, -0.1) is 0 Å². The molecule has 0 spiro atoms. The van der Waals surface area contributed by atoms with Crippen LogP contribution in [0.25, 0.3) is 17.0 Å². The molecule has 1 unspecified atom stereocenters. The van der Waals surface area contributed by atoms with E-state index in [1.165, 1.54) is 33.3 Å². The van der Waals surface area contributed by atoms with Crippen LogP contribution in [-0.2, 0) is 24.7 Å². The highest BCUT2D eigenvalue weighted by atomic mass is 16.2. The number of carbonyl (C=O) groups is 1. The van der Waals surface area contributed by atoms with Crippen molar-refractivity contribution in [3.05, 3.63) is 107 Å². The largest absolute Gasteiger partial charge is 0.351 e. The van der Waals surface area contributed by atoms with E-state index in [1.807, 2.05) is 24.2 Å². The van der Waals surface area contributed by atoms with E-state index in [1.54, 1.807) is 6.08 Å². The number of aromatic nitrogens is 2. The first-order valence-electron chi connectivity index (χ1n) is 12.4. The molecule has 35 heavy (non-hydrogen) atoms. The SMILES string of the molecule is Cn1ccc2ccc(/C=C/C(=O)N3CCN(C4c5ccccc5CCc5ncccc54)CC3)cc21. The van der Waals surface area contributed by atoms with E-state index in [0.29, 0.717) is 0 Å². The highest BCUT2D eigenvalue weighted by Gasteiger charge is 2.32. The molecule has 1 fully saturated rings. The van der Waals surface area contributed by atoms with Crippen molar-refractivity contribution in [3.63, 3.8) is 0 Å². The molecule has 0 saturated carbocycles. The number of hydrogen-bond acceptors (Lipinski definition) is 3. The summed E-state index contributed by atoms with van der Waals surface area (Å²) < 4.78 is 2.10. The number of pyridine rings is 1. The van der Waals surface area contributed by atoms with Crippen LogP contribution < -0.4 is 0 Å². The summed E-state index contributed by atoms with van der Waals surface area (Å²) in [5.74, 6) is 0.0833. The molecule has 0 bridgehead atoms. The lowest BCUT2D eigenvalue weighted by Gasteiger charge is -2.39. The van der Waals surface area contributed by atoms with Crippen LogP contribution in [0.1, 0.15) is 34.0 Å². The number of carbonyl (C=O) groups excluding carboxylic acids is 1. The van der Waals surface area contributed by atoms with E-state index in [9.17, 15) is 4.79 Å². The van der Waals surface area contributed by atoms with Crippen LogP contribution >= 0.6 is 0 Å². The van der Waals surface area contributed by atoms with Gasteiger partial charge in [0, 0.05) is 62.9 Å². The first-order valence-corrected chi connectivity index (χ1v) is 12.4. The third kappa shape index (κ3) is 4.17. The second kappa shape index (κ2) is 9.16. The summed E-state index contributed by atoms with van der Waals surface area (Å²) in [5.41, 5.74) is 7.53. The van der Waals surface area contributed by atoms with Gasteiger partial charge in [-0.2, -0.15) is 0 Å². The number of nitrogens with zero attached hydrogens (tertiary/aromatic N) is 4. The minimum atomic E-state index is 0.0833. The molecular weight excluding hydrogens is 432 g/mol. The second-order valence-corrected chi connectivity index (χ2v) is 9.58. The molecule has 1 amide bonds. The molecule has 176 valence electrons. The van der Waals surface area contributed by atoms with Gasteiger partial charge in [0.05, 0.1) is 6.04 Å². The quantitative estimate of drug-likeness (QED) is 0.417. The van der Waals surface area contributed by atoms with Crippen LogP contribution in [0.2, 0.25) is 0 Å². The highest BCUT2D eigenvalue weighted by Crippen LogP contribution is 2.36. The zero-order chi connectivity index (χ0) is 23.8. The molecule has 0 N–H and O–H groups in total. The Balaban J connectivity index is 1.18. The van der Waals surface area contributed by atoms with Gasteiger partial charge in [0.25, 0.3) is 0 Å². The summed E-state index contributed by atoms with van der Waals surface area (Å²) in [6.45, 7) is 3.16. The Labute approximate surface area is 206 Å². The molecule has 5 nitrogen and oxygen atoms in total. The second-order valence-electron chi connectivity index (χ2n) is 9.58. The summed E-state index contributed by atoms with van der Waals surface area (Å²) in [4.78, 5) is 22.2. The molecule has 0 radical (unpaired) electrons. The van der Waals surface area contributed by atoms with E-state index in [4.69, 9.17) is 4.98 Å². The van der Waals surface area contributed by atoms with Gasteiger partial charge in [0.1, 0.15) is 0 Å². The summed E-state index contributed by atoms with van der Waals surface area (Å²) >= 11 is 0. The van der Waals surface area contributed by atoms with Gasteiger partial charge in [-0.1, -0.05) is 42.5 Å². The van der Waals surface area contributed by atoms with Gasteiger partial charge in [-0.05, 0) is 64.8 Å². The van der Waals surface area contributed by atoms with E-state index >= 15 is 0 Å². The Bertz CT molecular complexity index is 1360. The van der Waals surface area contributed by atoms with Crippen molar-refractivity contribution >= 4 is 22.9 Å². The lowest BCUT2D eigenvalue weighted by atomic mass is 9.94. The minimum Gasteiger partial charge on any atom is -0.351 e. The topological polar surface area (TPSA) is 41.4 Å². The fraction of sp³-hybridized carbons (Fsp3) is 0.267. The van der Waals surface area contributed by atoms with Crippen LogP contribution in [0.5, 0.6) is 0 Å². The number of benzene rings is 2. The monoisotopic (exact) mass is 462 g/mol. The molecule has 5 heteroatoms. The predicted molar refractivity (Wildman–Crippen MR) is 140 cm³/mol. The molecular formula is C30H30N4O. The molecule has 4 aromatic rings. The fourth-order valence-corrected chi connectivity index (χ4v) is 5.61. The van der Waals surface area contributed by atoms with Crippen molar-refractivity contribution in [2.24, 2.45) is 7.05 Å². The average Bonchev–Trinajstić information content (AvgIpc) is 3.18. The van der Waals surface area contributed by atoms with Gasteiger partial charge >= 0.3 is 0 Å². The van der Waals surface area contributed by atoms with E-state index in [0.717, 1.165) is 44.6 Å². The van der Waals surface area contributed by atoms with E-state index < -0.39 is 0 Å². The van der Waals surface area contributed by atoms with E-state index in [2.05, 4.69) is 76.3 Å². The van der Waals surface area contributed by atoms with Crippen molar-refractivity contribution < 1.29 is 4.79 Å². The Morgan fingerprint density at radius 1 is 0.943 bits per heavy atom. The van der Waals surface area contributed by atoms with Gasteiger partial charge in [-0.3, -0.25) is 14.7 Å². The molecule has 1 aliphatic heterocycles. The van der Waals surface area contributed by atoms with Gasteiger partial charge in [-0.25, -0.2) is 0 Å². The maximum absolute atomic E-state index is 13.0. The van der Waals surface area contributed by atoms with Gasteiger partial charge in [0.2, 0.25) is 5.91 Å². The number of rotatable bonds is 3. The Morgan fingerprint density at radius 2 is 1.77 bits per heavy atom. The lowest BCUT2D eigenvalue weighted by Crippen LogP contribution is -2.49. The van der Waals surface area contributed by atoms with Crippen LogP contribution in [0.15, 0.2) is 79.1 Å². The van der Waals surface area contributed by atoms with Crippen LogP contribution in [0.3, 0.4) is 0 Å². The Hall–Kier alpha value is -3.70. The highest BCUT2D eigenvalue weighted by molar-refractivity contribution is 5.92.